The predicted molar refractivity (Wildman–Crippen MR) is 46.6 cm³/mol. The van der Waals surface area contributed by atoms with Crippen molar-refractivity contribution >= 4 is 5.71 Å². The van der Waals surface area contributed by atoms with Gasteiger partial charge in [-0.15, -0.1) is 0 Å². The summed E-state index contributed by atoms with van der Waals surface area (Å²) < 4.78 is 0. The van der Waals surface area contributed by atoms with E-state index in [4.69, 9.17) is 0 Å². The largest absolute Gasteiger partial charge is 0.297 e. The van der Waals surface area contributed by atoms with Crippen molar-refractivity contribution in [1.82, 2.24) is 5.01 Å². The highest BCUT2D eigenvalue weighted by molar-refractivity contribution is 5.91. The molecule has 0 N–H and O–H groups in total. The van der Waals surface area contributed by atoms with E-state index in [9.17, 15) is 0 Å². The van der Waals surface area contributed by atoms with Crippen LogP contribution in [0.5, 0.6) is 0 Å². The lowest BCUT2D eigenvalue weighted by molar-refractivity contribution is 0.317. The van der Waals surface area contributed by atoms with Gasteiger partial charge in [0, 0.05) is 24.7 Å². The minimum absolute atomic E-state index is 0.724. The number of hydrogen-bond acceptors (Lipinski definition) is 2. The first kappa shape index (κ1) is 7.14. The van der Waals surface area contributed by atoms with Crippen molar-refractivity contribution in [3.8, 4) is 0 Å². The lowest BCUT2D eigenvalue weighted by Crippen LogP contribution is -2.17. The molecule has 11 heavy (non-hydrogen) atoms. The summed E-state index contributed by atoms with van der Waals surface area (Å²) >= 11 is 0. The minimum Gasteiger partial charge on any atom is -0.297 e. The van der Waals surface area contributed by atoms with Gasteiger partial charge in [0.15, 0.2) is 0 Å². The molecule has 1 fully saturated rings. The number of rotatable bonds is 2. The van der Waals surface area contributed by atoms with Gasteiger partial charge in [-0.1, -0.05) is 6.92 Å². The first-order chi connectivity index (χ1) is 5.31. The van der Waals surface area contributed by atoms with Crippen LogP contribution in [0.2, 0.25) is 0 Å². The first-order valence-corrected chi connectivity index (χ1v) is 4.64. The maximum atomic E-state index is 4.60. The van der Waals surface area contributed by atoms with E-state index in [1.165, 1.54) is 18.6 Å². The summed E-state index contributed by atoms with van der Waals surface area (Å²) in [5.74, 6) is 1.59. The van der Waals surface area contributed by atoms with Gasteiger partial charge in [0.25, 0.3) is 0 Å². The lowest BCUT2D eigenvalue weighted by atomic mass is 10.0. The zero-order valence-corrected chi connectivity index (χ0v) is 7.38. The van der Waals surface area contributed by atoms with Crippen molar-refractivity contribution in [3.05, 3.63) is 0 Å². The Morgan fingerprint density at radius 3 is 2.73 bits per heavy atom. The van der Waals surface area contributed by atoms with Crippen LogP contribution in [-0.2, 0) is 0 Å². The van der Waals surface area contributed by atoms with Crippen LogP contribution in [0.25, 0.3) is 0 Å². The first-order valence-electron chi connectivity index (χ1n) is 4.64. The average molecular weight is 152 g/mol. The monoisotopic (exact) mass is 152 g/mol. The van der Waals surface area contributed by atoms with Gasteiger partial charge in [0.2, 0.25) is 0 Å². The lowest BCUT2D eigenvalue weighted by Gasteiger charge is -2.09. The van der Waals surface area contributed by atoms with E-state index in [0.717, 1.165) is 24.9 Å². The van der Waals surface area contributed by atoms with Crippen LogP contribution in [0.4, 0.5) is 0 Å². The van der Waals surface area contributed by atoms with Gasteiger partial charge < -0.3 is 0 Å². The summed E-state index contributed by atoms with van der Waals surface area (Å²) in [6.45, 7) is 6.70. The highest BCUT2D eigenvalue weighted by atomic mass is 15.5. The number of nitrogens with zero attached hydrogens (tertiary/aromatic N) is 2. The zero-order chi connectivity index (χ0) is 7.84. The topological polar surface area (TPSA) is 15.6 Å². The van der Waals surface area contributed by atoms with Gasteiger partial charge in [0.05, 0.1) is 0 Å². The maximum absolute atomic E-state index is 4.60. The molecule has 0 aromatic heterocycles. The summed E-state index contributed by atoms with van der Waals surface area (Å²) in [6, 6.07) is 0. The van der Waals surface area contributed by atoms with Crippen LogP contribution in [0.3, 0.4) is 0 Å². The molecule has 2 rings (SSSR count). The molecule has 0 saturated heterocycles. The van der Waals surface area contributed by atoms with Gasteiger partial charge >= 0.3 is 0 Å². The Labute approximate surface area is 68.3 Å². The summed E-state index contributed by atoms with van der Waals surface area (Å²) in [5.41, 5.74) is 1.48. The number of hydrogen-bond donors (Lipinski definition) is 0. The van der Waals surface area contributed by atoms with Gasteiger partial charge in [-0.3, -0.25) is 5.01 Å². The van der Waals surface area contributed by atoms with E-state index in [0.29, 0.717) is 0 Å². The third-order valence-electron chi connectivity index (χ3n) is 2.61. The maximum Gasteiger partial charge on any atom is 0.0458 e. The van der Waals surface area contributed by atoms with Crippen molar-refractivity contribution < 1.29 is 0 Å². The van der Waals surface area contributed by atoms with E-state index >= 15 is 0 Å². The third-order valence-corrected chi connectivity index (χ3v) is 2.61. The van der Waals surface area contributed by atoms with Gasteiger partial charge in [-0.25, -0.2) is 0 Å². The molecule has 1 saturated carbocycles. The molecule has 0 amide bonds. The SMILES string of the molecule is CCN1CC(C)C(C2CC2)=N1. The average Bonchev–Trinajstić information content (AvgIpc) is 2.76. The molecule has 2 nitrogen and oxygen atoms in total. The van der Waals surface area contributed by atoms with Crippen LogP contribution in [0.1, 0.15) is 26.7 Å². The Morgan fingerprint density at radius 2 is 2.27 bits per heavy atom. The minimum atomic E-state index is 0.724. The molecule has 1 unspecified atom stereocenters. The molecule has 0 radical (unpaired) electrons. The fourth-order valence-corrected chi connectivity index (χ4v) is 1.78. The van der Waals surface area contributed by atoms with E-state index in [-0.39, 0.29) is 0 Å². The fourth-order valence-electron chi connectivity index (χ4n) is 1.78. The molecule has 1 aliphatic heterocycles. The molecule has 62 valence electrons. The van der Waals surface area contributed by atoms with Gasteiger partial charge in [0.1, 0.15) is 0 Å². The second-order valence-electron chi connectivity index (χ2n) is 3.71. The molecule has 0 aromatic rings. The van der Waals surface area contributed by atoms with Crippen LogP contribution in [-0.4, -0.2) is 23.8 Å². The molecule has 0 bridgehead atoms. The molecule has 2 heteroatoms. The molecular weight excluding hydrogens is 136 g/mol. The highest BCUT2D eigenvalue weighted by Gasteiger charge is 2.34. The van der Waals surface area contributed by atoms with Crippen molar-refractivity contribution in [2.75, 3.05) is 13.1 Å². The quantitative estimate of drug-likeness (QED) is 0.588. The standard InChI is InChI=1S/C9H16N2/c1-3-11-6-7(2)9(10-11)8-4-5-8/h7-8H,3-6H2,1-2H3. The molecule has 1 atom stereocenters. The Hall–Kier alpha value is -0.530. The third kappa shape index (κ3) is 1.26. The molecule has 2 aliphatic rings. The number of hydrazone groups is 1. The van der Waals surface area contributed by atoms with Crippen molar-refractivity contribution in [3.63, 3.8) is 0 Å². The van der Waals surface area contributed by atoms with E-state index in [1.54, 1.807) is 0 Å². The smallest absolute Gasteiger partial charge is 0.0458 e. The van der Waals surface area contributed by atoms with Gasteiger partial charge in [-0.05, 0) is 25.7 Å². The Balaban J connectivity index is 2.04. The van der Waals surface area contributed by atoms with Crippen molar-refractivity contribution in [2.45, 2.75) is 26.7 Å². The summed E-state index contributed by atoms with van der Waals surface area (Å²) in [7, 11) is 0. The second kappa shape index (κ2) is 2.50. The van der Waals surface area contributed by atoms with E-state index < -0.39 is 0 Å². The van der Waals surface area contributed by atoms with Crippen LogP contribution < -0.4 is 0 Å². The highest BCUT2D eigenvalue weighted by Crippen LogP contribution is 2.35. The van der Waals surface area contributed by atoms with Crippen LogP contribution in [0.15, 0.2) is 5.10 Å². The summed E-state index contributed by atoms with van der Waals surface area (Å²) in [6.07, 6.45) is 2.78. The molecule has 0 spiro atoms. The Kier molecular flexibility index (Phi) is 1.63. The van der Waals surface area contributed by atoms with E-state index in [1.807, 2.05) is 0 Å². The van der Waals surface area contributed by atoms with Crippen LogP contribution in [0, 0.1) is 11.8 Å². The predicted octanol–water partition coefficient (Wildman–Crippen LogP) is 1.72. The second-order valence-corrected chi connectivity index (χ2v) is 3.71. The fraction of sp³-hybridized carbons (Fsp3) is 0.889. The molecule has 1 heterocycles. The van der Waals surface area contributed by atoms with Gasteiger partial charge in [-0.2, -0.15) is 5.10 Å². The summed E-state index contributed by atoms with van der Waals surface area (Å²) in [5, 5.41) is 6.79. The van der Waals surface area contributed by atoms with Crippen LogP contribution >= 0.6 is 0 Å². The molecule has 0 aromatic carbocycles. The summed E-state index contributed by atoms with van der Waals surface area (Å²) in [4.78, 5) is 0. The zero-order valence-electron chi connectivity index (χ0n) is 7.38. The Bertz CT molecular complexity index is 182. The molecule has 1 aliphatic carbocycles. The van der Waals surface area contributed by atoms with Crippen molar-refractivity contribution in [1.29, 1.82) is 0 Å². The molecular formula is C9H16N2. The van der Waals surface area contributed by atoms with Crippen molar-refractivity contribution in [2.24, 2.45) is 16.9 Å². The Morgan fingerprint density at radius 1 is 1.55 bits per heavy atom. The normalized spacial score (nSPS) is 30.9. The van der Waals surface area contributed by atoms with E-state index in [2.05, 4.69) is 24.0 Å².